The summed E-state index contributed by atoms with van der Waals surface area (Å²) < 4.78 is 2.63. The van der Waals surface area contributed by atoms with Crippen molar-refractivity contribution in [2.24, 2.45) is 0 Å². The van der Waals surface area contributed by atoms with Crippen LogP contribution in [0, 0.1) is 6.92 Å². The van der Waals surface area contributed by atoms with Crippen LogP contribution in [0.5, 0.6) is 0 Å². The van der Waals surface area contributed by atoms with Crippen LogP contribution in [0.1, 0.15) is 21.2 Å². The minimum atomic E-state index is -0.298. The van der Waals surface area contributed by atoms with Crippen molar-refractivity contribution in [3.8, 4) is 0 Å². The topological polar surface area (TPSA) is 85.6 Å². The predicted octanol–water partition coefficient (Wildman–Crippen LogP) is 2.89. The molecule has 0 aliphatic heterocycles. The highest BCUT2D eigenvalue weighted by Gasteiger charge is 2.12. The summed E-state index contributed by atoms with van der Waals surface area (Å²) in [7, 11) is 0. The van der Waals surface area contributed by atoms with Crippen molar-refractivity contribution in [2.45, 2.75) is 13.5 Å². The summed E-state index contributed by atoms with van der Waals surface area (Å²) in [6, 6.07) is 11.3. The molecule has 1 aromatic carbocycles. The Morgan fingerprint density at radius 1 is 1.28 bits per heavy atom. The molecule has 0 atom stereocenters. The first kappa shape index (κ1) is 15.4. The summed E-state index contributed by atoms with van der Waals surface area (Å²) in [6.07, 6.45) is 3.33. The van der Waals surface area contributed by atoms with Crippen LogP contribution in [0.3, 0.4) is 0 Å². The molecule has 8 heteroatoms. The number of nitrogens with zero attached hydrogens (tertiary/aromatic N) is 5. The van der Waals surface area contributed by atoms with Gasteiger partial charge in [0, 0.05) is 11.9 Å². The number of benzene rings is 1. The third-order valence-electron chi connectivity index (χ3n) is 3.57. The van der Waals surface area contributed by atoms with Crippen LogP contribution in [0.4, 0.5) is 5.69 Å². The molecule has 0 saturated heterocycles. The van der Waals surface area contributed by atoms with Gasteiger partial charge >= 0.3 is 0 Å². The lowest BCUT2D eigenvalue weighted by molar-refractivity contribution is 0.102. The van der Waals surface area contributed by atoms with Gasteiger partial charge in [0.15, 0.2) is 5.69 Å². The Balaban J connectivity index is 1.48. The summed E-state index contributed by atoms with van der Waals surface area (Å²) in [4.78, 5) is 21.0. The van der Waals surface area contributed by atoms with Crippen molar-refractivity contribution < 1.29 is 4.79 Å². The number of pyridine rings is 1. The fraction of sp³-hybridized carbons (Fsp3) is 0.118. The van der Waals surface area contributed by atoms with Crippen molar-refractivity contribution >= 4 is 33.1 Å². The number of aromatic nitrogens is 5. The molecule has 4 rings (SSSR count). The molecule has 0 bridgehead atoms. The van der Waals surface area contributed by atoms with E-state index in [9.17, 15) is 4.79 Å². The minimum absolute atomic E-state index is 0.261. The van der Waals surface area contributed by atoms with Crippen LogP contribution in [0.2, 0.25) is 0 Å². The van der Waals surface area contributed by atoms with Crippen LogP contribution >= 0.6 is 11.3 Å². The highest BCUT2D eigenvalue weighted by molar-refractivity contribution is 7.18. The number of carbonyl (C=O) groups is 1. The Hall–Kier alpha value is -3.13. The van der Waals surface area contributed by atoms with Gasteiger partial charge in [0.2, 0.25) is 0 Å². The molecule has 3 heterocycles. The predicted molar refractivity (Wildman–Crippen MR) is 95.7 cm³/mol. The second-order valence-corrected chi connectivity index (χ2v) is 6.73. The molecule has 0 aliphatic rings. The van der Waals surface area contributed by atoms with E-state index in [1.165, 1.54) is 0 Å². The average molecular weight is 350 g/mol. The zero-order valence-corrected chi connectivity index (χ0v) is 14.2. The van der Waals surface area contributed by atoms with Crippen LogP contribution < -0.4 is 5.32 Å². The van der Waals surface area contributed by atoms with Gasteiger partial charge in [0.25, 0.3) is 5.91 Å². The zero-order chi connectivity index (χ0) is 17.2. The Morgan fingerprint density at radius 3 is 3.04 bits per heavy atom. The second-order valence-electron chi connectivity index (χ2n) is 5.49. The lowest BCUT2D eigenvalue weighted by atomic mass is 10.3. The van der Waals surface area contributed by atoms with Crippen molar-refractivity contribution in [1.82, 2.24) is 25.0 Å². The summed E-state index contributed by atoms with van der Waals surface area (Å²) in [5, 5.41) is 11.8. The van der Waals surface area contributed by atoms with Gasteiger partial charge in [-0.3, -0.25) is 9.78 Å². The molecule has 0 spiro atoms. The molecular weight excluding hydrogens is 336 g/mol. The first-order valence-corrected chi connectivity index (χ1v) is 8.47. The van der Waals surface area contributed by atoms with Crippen LogP contribution in [-0.2, 0) is 6.54 Å². The number of thiazole rings is 1. The lowest BCUT2D eigenvalue weighted by Gasteiger charge is -2.02. The fourth-order valence-corrected chi connectivity index (χ4v) is 3.32. The number of fused-ring (bicyclic) bond motifs is 1. The van der Waals surface area contributed by atoms with Gasteiger partial charge in [0.1, 0.15) is 0 Å². The van der Waals surface area contributed by atoms with E-state index in [-0.39, 0.29) is 11.6 Å². The van der Waals surface area contributed by atoms with Gasteiger partial charge in [-0.25, -0.2) is 9.67 Å². The van der Waals surface area contributed by atoms with E-state index in [1.807, 2.05) is 43.3 Å². The summed E-state index contributed by atoms with van der Waals surface area (Å²) in [6.45, 7) is 2.43. The molecule has 0 aliphatic carbocycles. The van der Waals surface area contributed by atoms with Crippen LogP contribution in [0.15, 0.2) is 48.8 Å². The molecule has 25 heavy (non-hydrogen) atoms. The van der Waals surface area contributed by atoms with E-state index in [0.29, 0.717) is 12.2 Å². The zero-order valence-electron chi connectivity index (χ0n) is 13.4. The molecule has 0 saturated carbocycles. The summed E-state index contributed by atoms with van der Waals surface area (Å²) in [5.41, 5.74) is 2.75. The molecular formula is C17H14N6OS. The Bertz CT molecular complexity index is 1040. The molecule has 0 radical (unpaired) electrons. The largest absolute Gasteiger partial charge is 0.320 e. The van der Waals surface area contributed by atoms with Gasteiger partial charge in [-0.2, -0.15) is 0 Å². The molecule has 7 nitrogen and oxygen atoms in total. The monoisotopic (exact) mass is 350 g/mol. The van der Waals surface area contributed by atoms with Gasteiger partial charge in [-0.15, -0.1) is 16.4 Å². The number of nitrogens with one attached hydrogen (secondary N) is 1. The van der Waals surface area contributed by atoms with Gasteiger partial charge in [-0.05, 0) is 37.3 Å². The van der Waals surface area contributed by atoms with E-state index in [0.717, 1.165) is 20.9 Å². The molecule has 1 amide bonds. The van der Waals surface area contributed by atoms with Crippen molar-refractivity contribution in [2.75, 3.05) is 5.32 Å². The standard InChI is InChI=1S/C17H14N6OS/c1-11-19-14-6-5-12(8-16(14)25-11)20-17(24)15-10-23(22-21-15)9-13-4-2-3-7-18-13/h2-8,10H,9H2,1H3,(H,20,24). The number of hydrogen-bond acceptors (Lipinski definition) is 6. The molecule has 3 aromatic heterocycles. The second kappa shape index (κ2) is 6.40. The molecule has 0 unspecified atom stereocenters. The maximum Gasteiger partial charge on any atom is 0.277 e. The molecule has 4 aromatic rings. The van der Waals surface area contributed by atoms with Crippen LogP contribution in [0.25, 0.3) is 10.2 Å². The minimum Gasteiger partial charge on any atom is -0.320 e. The fourth-order valence-electron chi connectivity index (χ4n) is 2.45. The Labute approximate surface area is 147 Å². The first-order valence-electron chi connectivity index (χ1n) is 7.66. The quantitative estimate of drug-likeness (QED) is 0.612. The maximum atomic E-state index is 12.4. The van der Waals surface area contributed by atoms with Gasteiger partial charge < -0.3 is 5.32 Å². The number of carbonyl (C=O) groups excluding carboxylic acids is 1. The van der Waals surface area contributed by atoms with E-state index in [4.69, 9.17) is 0 Å². The third-order valence-corrected chi connectivity index (χ3v) is 4.51. The maximum absolute atomic E-state index is 12.4. The lowest BCUT2D eigenvalue weighted by Crippen LogP contribution is -2.12. The number of anilines is 1. The van der Waals surface area contributed by atoms with Crippen molar-refractivity contribution in [1.29, 1.82) is 0 Å². The van der Waals surface area contributed by atoms with Gasteiger partial charge in [0.05, 0.1) is 33.7 Å². The Morgan fingerprint density at radius 2 is 2.20 bits per heavy atom. The highest BCUT2D eigenvalue weighted by Crippen LogP contribution is 2.24. The summed E-state index contributed by atoms with van der Waals surface area (Å²) >= 11 is 1.59. The first-order chi connectivity index (χ1) is 12.2. The van der Waals surface area contributed by atoms with E-state index in [2.05, 4.69) is 25.6 Å². The molecule has 0 fully saturated rings. The van der Waals surface area contributed by atoms with E-state index < -0.39 is 0 Å². The number of hydrogen-bond donors (Lipinski definition) is 1. The number of amides is 1. The average Bonchev–Trinajstić information content (AvgIpc) is 3.21. The Kier molecular flexibility index (Phi) is 3.95. The normalized spacial score (nSPS) is 10.9. The van der Waals surface area contributed by atoms with E-state index >= 15 is 0 Å². The van der Waals surface area contributed by atoms with Crippen LogP contribution in [-0.4, -0.2) is 30.9 Å². The van der Waals surface area contributed by atoms with E-state index in [1.54, 1.807) is 28.4 Å². The van der Waals surface area contributed by atoms with Crippen molar-refractivity contribution in [3.63, 3.8) is 0 Å². The molecule has 1 N–H and O–H groups in total. The smallest absolute Gasteiger partial charge is 0.277 e. The number of rotatable bonds is 4. The summed E-state index contributed by atoms with van der Waals surface area (Å²) in [5.74, 6) is -0.298. The highest BCUT2D eigenvalue weighted by atomic mass is 32.1. The van der Waals surface area contributed by atoms with Gasteiger partial charge in [-0.1, -0.05) is 11.3 Å². The molecule has 124 valence electrons. The number of aryl methyl sites for hydroxylation is 1. The SMILES string of the molecule is Cc1nc2ccc(NC(=O)c3cn(Cc4ccccn4)nn3)cc2s1. The van der Waals surface area contributed by atoms with Crippen molar-refractivity contribution in [3.05, 3.63) is 65.2 Å². The third kappa shape index (κ3) is 3.38.